The van der Waals surface area contributed by atoms with Gasteiger partial charge in [-0.1, -0.05) is 0 Å². The largest absolute Gasteiger partial charge is 0.508 e. The zero-order chi connectivity index (χ0) is 9.84. The minimum atomic E-state index is -0.250. The van der Waals surface area contributed by atoms with Crippen LogP contribution in [0.15, 0.2) is 23.2 Å². The molecule has 0 fully saturated rings. The summed E-state index contributed by atoms with van der Waals surface area (Å²) in [6.45, 7) is -0.250. The lowest BCUT2D eigenvalue weighted by molar-refractivity contribution is 0.275. The van der Waals surface area contributed by atoms with Crippen LogP contribution in [0.1, 0.15) is 5.56 Å². The number of aliphatic imine (C=N–C) groups is 1. The number of aliphatic hydroxyl groups is 1. The van der Waals surface area contributed by atoms with Crippen molar-refractivity contribution in [1.82, 2.24) is 0 Å². The van der Waals surface area contributed by atoms with Crippen LogP contribution in [0.4, 0.5) is 5.69 Å². The zero-order valence-electron chi connectivity index (χ0n) is 6.94. The Bertz CT molecular complexity index is 332. The van der Waals surface area contributed by atoms with E-state index in [-0.39, 0.29) is 18.3 Å². The van der Waals surface area contributed by atoms with Crippen molar-refractivity contribution in [2.24, 2.45) is 16.5 Å². The van der Waals surface area contributed by atoms with Crippen LogP contribution < -0.4 is 11.5 Å². The first-order valence-electron chi connectivity index (χ1n) is 3.66. The molecule has 1 aromatic rings. The number of nitrogens with two attached hydrogens (primary N) is 2. The average molecular weight is 181 g/mol. The Morgan fingerprint density at radius 3 is 2.62 bits per heavy atom. The van der Waals surface area contributed by atoms with Crippen molar-refractivity contribution in [1.29, 1.82) is 0 Å². The number of benzene rings is 1. The van der Waals surface area contributed by atoms with E-state index in [1.807, 2.05) is 0 Å². The molecule has 1 rings (SSSR count). The van der Waals surface area contributed by atoms with Gasteiger partial charge in [-0.3, -0.25) is 0 Å². The van der Waals surface area contributed by atoms with Crippen molar-refractivity contribution in [3.8, 4) is 5.75 Å². The maximum atomic E-state index is 9.20. The highest BCUT2D eigenvalue weighted by Gasteiger charge is 2.00. The first-order valence-corrected chi connectivity index (χ1v) is 3.66. The van der Waals surface area contributed by atoms with Crippen LogP contribution in [0.5, 0.6) is 5.75 Å². The van der Waals surface area contributed by atoms with Crippen molar-refractivity contribution in [2.75, 3.05) is 0 Å². The second-order valence-corrected chi connectivity index (χ2v) is 2.51. The predicted molar refractivity (Wildman–Crippen MR) is 49.5 cm³/mol. The van der Waals surface area contributed by atoms with Gasteiger partial charge in [0.05, 0.1) is 12.3 Å². The molecular formula is C8H11N3O2. The quantitative estimate of drug-likeness (QED) is 0.374. The van der Waals surface area contributed by atoms with Gasteiger partial charge in [0.25, 0.3) is 0 Å². The molecule has 0 saturated heterocycles. The number of aromatic hydroxyl groups is 1. The normalized spacial score (nSPS) is 9.62. The number of hydrogen-bond donors (Lipinski definition) is 4. The fraction of sp³-hybridized carbons (Fsp3) is 0.125. The van der Waals surface area contributed by atoms with E-state index in [1.165, 1.54) is 12.1 Å². The van der Waals surface area contributed by atoms with Crippen LogP contribution in [0.3, 0.4) is 0 Å². The van der Waals surface area contributed by atoms with Crippen LogP contribution >= 0.6 is 0 Å². The zero-order valence-corrected chi connectivity index (χ0v) is 6.94. The van der Waals surface area contributed by atoms with Crippen molar-refractivity contribution in [2.45, 2.75) is 6.61 Å². The fourth-order valence-electron chi connectivity index (χ4n) is 0.917. The molecule has 5 nitrogen and oxygen atoms in total. The molecule has 0 aliphatic rings. The molecule has 0 atom stereocenters. The van der Waals surface area contributed by atoms with Crippen LogP contribution in [-0.2, 0) is 6.61 Å². The molecule has 0 aliphatic heterocycles. The first-order chi connectivity index (χ1) is 6.13. The van der Waals surface area contributed by atoms with E-state index >= 15 is 0 Å². The fourth-order valence-corrected chi connectivity index (χ4v) is 0.917. The highest BCUT2D eigenvalue weighted by atomic mass is 16.3. The predicted octanol–water partition coefficient (Wildman–Crippen LogP) is -0.211. The van der Waals surface area contributed by atoms with E-state index in [0.29, 0.717) is 11.3 Å². The summed E-state index contributed by atoms with van der Waals surface area (Å²) < 4.78 is 0. The van der Waals surface area contributed by atoms with Crippen LogP contribution in [0.2, 0.25) is 0 Å². The third-order valence-electron chi connectivity index (χ3n) is 1.49. The van der Waals surface area contributed by atoms with Gasteiger partial charge >= 0.3 is 0 Å². The molecule has 0 unspecified atom stereocenters. The molecule has 70 valence electrons. The van der Waals surface area contributed by atoms with Gasteiger partial charge in [0.15, 0.2) is 5.96 Å². The van der Waals surface area contributed by atoms with Crippen LogP contribution in [0, 0.1) is 0 Å². The summed E-state index contributed by atoms with van der Waals surface area (Å²) in [5.41, 5.74) is 11.2. The summed E-state index contributed by atoms with van der Waals surface area (Å²) in [5.74, 6) is -0.0355. The van der Waals surface area contributed by atoms with Gasteiger partial charge in [-0.15, -0.1) is 0 Å². The average Bonchev–Trinajstić information content (AvgIpc) is 2.07. The number of aliphatic hydroxyl groups excluding tert-OH is 1. The Hall–Kier alpha value is -1.75. The van der Waals surface area contributed by atoms with E-state index in [4.69, 9.17) is 16.6 Å². The van der Waals surface area contributed by atoms with E-state index in [0.717, 1.165) is 0 Å². The SMILES string of the molecule is NC(N)=Nc1ccc(O)c(CO)c1. The number of hydrogen-bond acceptors (Lipinski definition) is 3. The summed E-state index contributed by atoms with van der Waals surface area (Å²) in [5, 5.41) is 18.0. The number of guanidine groups is 1. The van der Waals surface area contributed by atoms with Gasteiger partial charge in [0.1, 0.15) is 5.75 Å². The third-order valence-corrected chi connectivity index (χ3v) is 1.49. The molecule has 6 N–H and O–H groups in total. The molecule has 0 aliphatic carbocycles. The van der Waals surface area contributed by atoms with E-state index in [1.54, 1.807) is 6.07 Å². The lowest BCUT2D eigenvalue weighted by Crippen LogP contribution is -2.21. The molecule has 0 radical (unpaired) electrons. The molecule has 13 heavy (non-hydrogen) atoms. The second kappa shape index (κ2) is 3.77. The number of nitrogens with zero attached hydrogens (tertiary/aromatic N) is 1. The summed E-state index contributed by atoms with van der Waals surface area (Å²) in [7, 11) is 0. The molecular weight excluding hydrogens is 170 g/mol. The minimum absolute atomic E-state index is 0.0250. The molecule has 1 aromatic carbocycles. The molecule has 0 bridgehead atoms. The van der Waals surface area contributed by atoms with Gasteiger partial charge in [0, 0.05) is 5.56 Å². The number of phenols is 1. The monoisotopic (exact) mass is 181 g/mol. The Morgan fingerprint density at radius 1 is 1.38 bits per heavy atom. The van der Waals surface area contributed by atoms with Crippen molar-refractivity contribution >= 4 is 11.6 Å². The Balaban J connectivity index is 3.06. The molecule has 0 spiro atoms. The summed E-state index contributed by atoms with van der Waals surface area (Å²) >= 11 is 0. The van der Waals surface area contributed by atoms with E-state index in [9.17, 15) is 5.11 Å². The lowest BCUT2D eigenvalue weighted by atomic mass is 10.2. The van der Waals surface area contributed by atoms with E-state index in [2.05, 4.69) is 4.99 Å². The van der Waals surface area contributed by atoms with Crippen molar-refractivity contribution in [3.05, 3.63) is 23.8 Å². The maximum absolute atomic E-state index is 9.20. The summed E-state index contributed by atoms with van der Waals surface area (Å²) in [6, 6.07) is 4.48. The van der Waals surface area contributed by atoms with Gasteiger partial charge in [0.2, 0.25) is 0 Å². The van der Waals surface area contributed by atoms with Gasteiger partial charge in [-0.2, -0.15) is 0 Å². The molecule has 0 saturated carbocycles. The molecule has 5 heteroatoms. The highest BCUT2D eigenvalue weighted by molar-refractivity contribution is 5.79. The standard InChI is InChI=1S/C8H11N3O2/c9-8(10)11-6-1-2-7(13)5(3-6)4-12/h1-3,12-13H,4H2,(H4,9,10,11). The van der Waals surface area contributed by atoms with Gasteiger partial charge in [-0.05, 0) is 18.2 Å². The van der Waals surface area contributed by atoms with Gasteiger partial charge in [-0.25, -0.2) is 4.99 Å². The topological polar surface area (TPSA) is 105 Å². The molecule has 0 aromatic heterocycles. The van der Waals surface area contributed by atoms with Crippen molar-refractivity contribution in [3.63, 3.8) is 0 Å². The lowest BCUT2D eigenvalue weighted by Gasteiger charge is -2.01. The third kappa shape index (κ3) is 2.34. The summed E-state index contributed by atoms with van der Waals surface area (Å²) in [4.78, 5) is 3.76. The highest BCUT2D eigenvalue weighted by Crippen LogP contribution is 2.22. The first kappa shape index (κ1) is 9.34. The van der Waals surface area contributed by atoms with Crippen LogP contribution in [0.25, 0.3) is 0 Å². The Kier molecular flexibility index (Phi) is 2.71. The van der Waals surface area contributed by atoms with Gasteiger partial charge < -0.3 is 21.7 Å². The molecule has 0 heterocycles. The summed E-state index contributed by atoms with van der Waals surface area (Å²) in [6.07, 6.45) is 0. The minimum Gasteiger partial charge on any atom is -0.508 e. The van der Waals surface area contributed by atoms with Crippen LogP contribution in [-0.4, -0.2) is 16.2 Å². The van der Waals surface area contributed by atoms with E-state index < -0.39 is 0 Å². The maximum Gasteiger partial charge on any atom is 0.191 e. The Morgan fingerprint density at radius 2 is 2.08 bits per heavy atom. The second-order valence-electron chi connectivity index (χ2n) is 2.51. The Labute approximate surface area is 75.3 Å². The van der Waals surface area contributed by atoms with Crippen molar-refractivity contribution < 1.29 is 10.2 Å². The smallest absolute Gasteiger partial charge is 0.191 e. The number of rotatable bonds is 2. The molecule has 0 amide bonds.